The fraction of sp³-hybridized carbons (Fsp3) is 0.429. The normalized spacial score (nSPS) is 14.7. The highest BCUT2D eigenvalue weighted by molar-refractivity contribution is 5.90. The Balaban J connectivity index is 0.000000913. The molecule has 1 unspecified atom stereocenters. The molecule has 3 nitrogen and oxygen atoms in total. The molecule has 0 aliphatic heterocycles. The highest BCUT2D eigenvalue weighted by atomic mass is 19.1. The van der Waals surface area contributed by atoms with Crippen molar-refractivity contribution in [3.8, 4) is 11.1 Å². The van der Waals surface area contributed by atoms with Crippen LogP contribution in [0, 0.1) is 32.5 Å². The van der Waals surface area contributed by atoms with E-state index in [4.69, 9.17) is 9.52 Å². The lowest BCUT2D eigenvalue weighted by Gasteiger charge is -2.19. The van der Waals surface area contributed by atoms with Crippen LogP contribution in [-0.2, 0) is 0 Å². The number of rotatable bonds is 5. The topological polar surface area (TPSA) is 38.4 Å². The SMILES string of the molecule is CC(=Nc1c(C)cc(-c2c(C)noc2C)cc1C(C)c1ccc(F)cc1)C1CC1.CCC. The minimum Gasteiger partial charge on any atom is -0.361 e. The molecular formula is C28H35FN2O. The number of aromatic nitrogens is 1. The third kappa shape index (κ3) is 5.35. The molecule has 0 amide bonds. The summed E-state index contributed by atoms with van der Waals surface area (Å²) in [6, 6.07) is 11.1. The van der Waals surface area contributed by atoms with Crippen molar-refractivity contribution in [2.45, 2.75) is 73.6 Å². The molecule has 170 valence electrons. The number of benzene rings is 2. The standard InChI is InChI=1S/C25H27FN2O.C3H8/c1-14-12-21(24-17(4)28-29-18(24)5)13-23(25(14)27-16(3)20-6-7-20)15(2)19-8-10-22(26)11-9-19;1-3-2/h8-13,15,20H,6-7H2,1-5H3;3H2,1-2H3. The Morgan fingerprint density at radius 1 is 1.12 bits per heavy atom. The van der Waals surface area contributed by atoms with E-state index in [0.29, 0.717) is 5.92 Å². The van der Waals surface area contributed by atoms with Crippen molar-refractivity contribution in [2.75, 3.05) is 0 Å². The van der Waals surface area contributed by atoms with Crippen LogP contribution >= 0.6 is 0 Å². The van der Waals surface area contributed by atoms with Gasteiger partial charge in [0, 0.05) is 17.2 Å². The molecule has 0 bridgehead atoms. The molecule has 0 saturated heterocycles. The molecule has 0 radical (unpaired) electrons. The van der Waals surface area contributed by atoms with E-state index in [1.54, 1.807) is 0 Å². The predicted octanol–water partition coefficient (Wildman–Crippen LogP) is 8.48. The van der Waals surface area contributed by atoms with E-state index in [1.807, 2.05) is 26.0 Å². The van der Waals surface area contributed by atoms with Crippen LogP contribution in [0.4, 0.5) is 10.1 Å². The van der Waals surface area contributed by atoms with Gasteiger partial charge in [-0.05, 0) is 93.0 Å². The monoisotopic (exact) mass is 434 g/mol. The van der Waals surface area contributed by atoms with Gasteiger partial charge in [-0.3, -0.25) is 4.99 Å². The van der Waals surface area contributed by atoms with Crippen LogP contribution in [0.1, 0.15) is 81.0 Å². The van der Waals surface area contributed by atoms with Crippen LogP contribution in [-0.4, -0.2) is 10.9 Å². The van der Waals surface area contributed by atoms with Gasteiger partial charge in [-0.15, -0.1) is 0 Å². The first kappa shape index (κ1) is 23.9. The molecule has 0 spiro atoms. The summed E-state index contributed by atoms with van der Waals surface area (Å²) in [4.78, 5) is 5.06. The Kier molecular flexibility index (Phi) is 7.65. The average molecular weight is 435 g/mol. The molecule has 1 saturated carbocycles. The van der Waals surface area contributed by atoms with Crippen molar-refractivity contribution in [3.05, 3.63) is 70.4 Å². The predicted molar refractivity (Wildman–Crippen MR) is 132 cm³/mol. The van der Waals surface area contributed by atoms with Crippen LogP contribution < -0.4 is 0 Å². The van der Waals surface area contributed by atoms with Crippen LogP contribution in [0.25, 0.3) is 11.1 Å². The van der Waals surface area contributed by atoms with Gasteiger partial charge in [0.25, 0.3) is 0 Å². The van der Waals surface area contributed by atoms with E-state index < -0.39 is 0 Å². The first-order chi connectivity index (χ1) is 15.3. The minimum absolute atomic E-state index is 0.0838. The maximum Gasteiger partial charge on any atom is 0.141 e. The number of hydrogen-bond donors (Lipinski definition) is 0. The molecular weight excluding hydrogens is 399 g/mol. The Hall–Kier alpha value is -2.75. The maximum atomic E-state index is 13.5. The van der Waals surface area contributed by atoms with Gasteiger partial charge in [-0.1, -0.05) is 44.5 Å². The Labute approximate surface area is 191 Å². The van der Waals surface area contributed by atoms with E-state index in [2.05, 4.69) is 51.9 Å². The molecule has 4 rings (SSSR count). The van der Waals surface area contributed by atoms with Crippen molar-refractivity contribution in [2.24, 2.45) is 10.9 Å². The molecule has 4 heteroatoms. The van der Waals surface area contributed by atoms with Crippen molar-refractivity contribution in [3.63, 3.8) is 0 Å². The van der Waals surface area contributed by atoms with Crippen molar-refractivity contribution < 1.29 is 8.91 Å². The third-order valence-corrected chi connectivity index (χ3v) is 5.94. The lowest BCUT2D eigenvalue weighted by molar-refractivity contribution is 0.393. The van der Waals surface area contributed by atoms with Gasteiger partial charge in [-0.25, -0.2) is 4.39 Å². The van der Waals surface area contributed by atoms with Gasteiger partial charge in [0.1, 0.15) is 11.6 Å². The average Bonchev–Trinajstić information content (AvgIpc) is 3.55. The van der Waals surface area contributed by atoms with Gasteiger partial charge in [-0.2, -0.15) is 0 Å². The van der Waals surface area contributed by atoms with Crippen molar-refractivity contribution >= 4 is 11.4 Å². The molecule has 1 fully saturated rings. The fourth-order valence-electron chi connectivity index (χ4n) is 4.03. The summed E-state index contributed by atoms with van der Waals surface area (Å²) in [5, 5.41) is 4.12. The van der Waals surface area contributed by atoms with Crippen LogP contribution in [0.5, 0.6) is 0 Å². The number of nitrogens with zero attached hydrogens (tertiary/aromatic N) is 2. The second-order valence-corrected chi connectivity index (χ2v) is 8.94. The van der Waals surface area contributed by atoms with Gasteiger partial charge >= 0.3 is 0 Å². The molecule has 0 N–H and O–H groups in total. The van der Waals surface area contributed by atoms with Gasteiger partial charge < -0.3 is 4.52 Å². The number of hydrogen-bond acceptors (Lipinski definition) is 3. The first-order valence-corrected chi connectivity index (χ1v) is 11.6. The first-order valence-electron chi connectivity index (χ1n) is 11.6. The second kappa shape index (κ2) is 10.2. The second-order valence-electron chi connectivity index (χ2n) is 8.94. The van der Waals surface area contributed by atoms with Gasteiger partial charge in [0.15, 0.2) is 0 Å². The Morgan fingerprint density at radius 2 is 1.75 bits per heavy atom. The molecule has 1 aliphatic rings. The van der Waals surface area contributed by atoms with E-state index in [-0.39, 0.29) is 11.7 Å². The lowest BCUT2D eigenvalue weighted by atomic mass is 9.87. The minimum atomic E-state index is -0.218. The number of aliphatic imine (C=N–C) groups is 1. The molecule has 1 aliphatic carbocycles. The van der Waals surface area contributed by atoms with E-state index in [1.165, 1.54) is 37.1 Å². The van der Waals surface area contributed by atoms with E-state index in [0.717, 1.165) is 45.0 Å². The summed E-state index contributed by atoms with van der Waals surface area (Å²) in [5.41, 5.74) is 8.58. The maximum absolute atomic E-state index is 13.5. The summed E-state index contributed by atoms with van der Waals surface area (Å²) in [5.74, 6) is 1.29. The Bertz CT molecular complexity index is 1070. The fourth-order valence-corrected chi connectivity index (χ4v) is 4.03. The third-order valence-electron chi connectivity index (χ3n) is 5.94. The molecule has 1 heterocycles. The van der Waals surface area contributed by atoms with Gasteiger partial charge in [0.05, 0.1) is 11.4 Å². The van der Waals surface area contributed by atoms with Crippen LogP contribution in [0.15, 0.2) is 45.9 Å². The van der Waals surface area contributed by atoms with E-state index >= 15 is 0 Å². The van der Waals surface area contributed by atoms with Crippen molar-refractivity contribution in [1.82, 2.24) is 5.16 Å². The van der Waals surface area contributed by atoms with Crippen LogP contribution in [0.3, 0.4) is 0 Å². The molecule has 2 aromatic carbocycles. The Morgan fingerprint density at radius 3 is 2.28 bits per heavy atom. The van der Waals surface area contributed by atoms with Crippen LogP contribution in [0.2, 0.25) is 0 Å². The number of aryl methyl sites for hydroxylation is 3. The summed E-state index contributed by atoms with van der Waals surface area (Å²) in [6.07, 6.45) is 3.71. The number of halogens is 1. The lowest BCUT2D eigenvalue weighted by Crippen LogP contribution is -2.01. The smallest absolute Gasteiger partial charge is 0.141 e. The zero-order chi connectivity index (χ0) is 23.4. The van der Waals surface area contributed by atoms with Crippen molar-refractivity contribution in [1.29, 1.82) is 0 Å². The van der Waals surface area contributed by atoms with Gasteiger partial charge in [0.2, 0.25) is 0 Å². The summed E-state index contributed by atoms with van der Waals surface area (Å²) < 4.78 is 18.9. The quantitative estimate of drug-likeness (QED) is 0.378. The summed E-state index contributed by atoms with van der Waals surface area (Å²) >= 11 is 0. The highest BCUT2D eigenvalue weighted by Gasteiger charge is 2.26. The zero-order valence-electron chi connectivity index (χ0n) is 20.4. The zero-order valence-corrected chi connectivity index (χ0v) is 20.4. The summed E-state index contributed by atoms with van der Waals surface area (Å²) in [6.45, 7) is 14.6. The molecule has 3 aromatic rings. The highest BCUT2D eigenvalue weighted by Crippen LogP contribution is 2.41. The largest absolute Gasteiger partial charge is 0.361 e. The molecule has 1 aromatic heterocycles. The molecule has 1 atom stereocenters. The molecule has 32 heavy (non-hydrogen) atoms. The summed E-state index contributed by atoms with van der Waals surface area (Å²) in [7, 11) is 0. The van der Waals surface area contributed by atoms with E-state index in [9.17, 15) is 4.39 Å².